The predicted octanol–water partition coefficient (Wildman–Crippen LogP) is 4.92. The molecule has 0 atom stereocenters. The molecule has 0 aromatic rings. The third-order valence-corrected chi connectivity index (χ3v) is 3.27. The van der Waals surface area contributed by atoms with Crippen LogP contribution in [0.4, 0.5) is 0 Å². The molecule has 1 heteroatoms. The van der Waals surface area contributed by atoms with Crippen molar-refractivity contribution in [3.8, 4) is 0 Å². The zero-order chi connectivity index (χ0) is 13.5. The van der Waals surface area contributed by atoms with Gasteiger partial charge in [-0.3, -0.25) is 0 Å². The van der Waals surface area contributed by atoms with Crippen molar-refractivity contribution in [2.75, 3.05) is 13.1 Å². The zero-order valence-corrected chi connectivity index (χ0v) is 12.6. The number of piperidine rings is 1. The van der Waals surface area contributed by atoms with Gasteiger partial charge in [0.15, 0.2) is 0 Å². The van der Waals surface area contributed by atoms with Gasteiger partial charge >= 0.3 is 0 Å². The summed E-state index contributed by atoms with van der Waals surface area (Å²) in [5.74, 6) is 0.833. The summed E-state index contributed by atoms with van der Waals surface area (Å²) < 4.78 is 0. The lowest BCUT2D eigenvalue weighted by Gasteiger charge is -2.38. The molecule has 0 aromatic heterocycles. The van der Waals surface area contributed by atoms with E-state index in [9.17, 15) is 0 Å². The summed E-state index contributed by atoms with van der Waals surface area (Å²) in [6, 6.07) is 0. The van der Waals surface area contributed by atoms with E-state index in [4.69, 9.17) is 0 Å². The third kappa shape index (κ3) is 4.04. The Morgan fingerprint density at radius 2 is 1.67 bits per heavy atom. The van der Waals surface area contributed by atoms with E-state index in [0.29, 0.717) is 0 Å². The second-order valence-electron chi connectivity index (χ2n) is 5.82. The van der Waals surface area contributed by atoms with Crippen molar-refractivity contribution >= 4 is 0 Å². The van der Waals surface area contributed by atoms with Gasteiger partial charge < -0.3 is 4.90 Å². The minimum atomic E-state index is 0.833. The molecule has 0 saturated carbocycles. The Balaban J connectivity index is 0.000000357. The highest BCUT2D eigenvalue weighted by Crippen LogP contribution is 2.34. The van der Waals surface area contributed by atoms with Crippen LogP contribution in [0.5, 0.6) is 0 Å². The van der Waals surface area contributed by atoms with E-state index in [1.165, 1.54) is 55.6 Å². The van der Waals surface area contributed by atoms with Gasteiger partial charge in [0.05, 0.1) is 0 Å². The summed E-state index contributed by atoms with van der Waals surface area (Å²) in [5, 5.41) is 0. The van der Waals surface area contributed by atoms with Gasteiger partial charge in [-0.25, -0.2) is 0 Å². The molecule has 2 aliphatic heterocycles. The number of hydrogen-bond donors (Lipinski definition) is 0. The fourth-order valence-corrected chi connectivity index (χ4v) is 2.59. The Kier molecular flexibility index (Phi) is 6.24. The number of fused-ring (bicyclic) bond motifs is 1. The van der Waals surface area contributed by atoms with Gasteiger partial charge in [0.2, 0.25) is 0 Å². The molecule has 0 radical (unpaired) electrons. The van der Waals surface area contributed by atoms with E-state index in [2.05, 4.69) is 51.3 Å². The molecule has 1 fully saturated rings. The Bertz CT molecular complexity index is 331. The van der Waals surface area contributed by atoms with Crippen LogP contribution in [0.2, 0.25) is 0 Å². The first-order valence-corrected chi connectivity index (χ1v) is 7.36. The Hall–Kier alpha value is -0.980. The van der Waals surface area contributed by atoms with Crippen LogP contribution in [0.1, 0.15) is 53.4 Å². The molecule has 1 nitrogen and oxygen atoms in total. The van der Waals surface area contributed by atoms with Crippen molar-refractivity contribution in [2.24, 2.45) is 5.92 Å². The lowest BCUT2D eigenvalue weighted by molar-refractivity contribution is 0.297. The molecular weight excluding hydrogens is 218 g/mol. The second kappa shape index (κ2) is 7.45. The lowest BCUT2D eigenvalue weighted by Crippen LogP contribution is -2.33. The van der Waals surface area contributed by atoms with Crippen LogP contribution in [-0.2, 0) is 0 Å². The number of allylic oxidation sites excluding steroid dienone is 4. The van der Waals surface area contributed by atoms with E-state index in [0.717, 1.165) is 5.92 Å². The van der Waals surface area contributed by atoms with Gasteiger partial charge in [-0.05, 0) is 49.7 Å². The van der Waals surface area contributed by atoms with Crippen LogP contribution in [0, 0.1) is 5.92 Å². The number of nitrogens with zero attached hydrogens (tertiary/aromatic N) is 1. The van der Waals surface area contributed by atoms with E-state index >= 15 is 0 Å². The van der Waals surface area contributed by atoms with Crippen LogP contribution in [0.3, 0.4) is 0 Å². The Morgan fingerprint density at radius 3 is 2.17 bits per heavy atom. The Morgan fingerprint density at radius 1 is 1.11 bits per heavy atom. The zero-order valence-electron chi connectivity index (χ0n) is 12.6. The molecule has 0 bridgehead atoms. The molecule has 0 N–H and O–H groups in total. The normalized spacial score (nSPS) is 21.6. The van der Waals surface area contributed by atoms with Gasteiger partial charge in [0, 0.05) is 18.8 Å². The summed E-state index contributed by atoms with van der Waals surface area (Å²) in [5.41, 5.74) is 4.50. The first kappa shape index (κ1) is 15.1. The van der Waals surface area contributed by atoms with Crippen LogP contribution in [-0.4, -0.2) is 18.0 Å². The third-order valence-electron chi connectivity index (χ3n) is 3.27. The van der Waals surface area contributed by atoms with Gasteiger partial charge in [-0.1, -0.05) is 39.5 Å². The highest BCUT2D eigenvalue weighted by Gasteiger charge is 2.24. The molecule has 0 aliphatic carbocycles. The van der Waals surface area contributed by atoms with Crippen molar-refractivity contribution in [3.05, 3.63) is 35.6 Å². The predicted molar refractivity (Wildman–Crippen MR) is 81.5 cm³/mol. The molecule has 2 aliphatic rings. The van der Waals surface area contributed by atoms with Gasteiger partial charge in [0.25, 0.3) is 0 Å². The molecular formula is C17H29N. The summed E-state index contributed by atoms with van der Waals surface area (Å²) in [7, 11) is 0. The Labute approximate surface area is 113 Å². The molecule has 18 heavy (non-hydrogen) atoms. The lowest BCUT2D eigenvalue weighted by atomic mass is 9.91. The first-order chi connectivity index (χ1) is 8.60. The summed E-state index contributed by atoms with van der Waals surface area (Å²) >= 11 is 0. The topological polar surface area (TPSA) is 3.24 Å². The summed E-state index contributed by atoms with van der Waals surface area (Å²) in [6.07, 6.45) is 9.40. The SMILES string of the molecule is C=CC1=C2/C(=C\C)CCCN2CCC1.CC(C)C. The average molecular weight is 247 g/mol. The van der Waals surface area contributed by atoms with Crippen LogP contribution >= 0.6 is 0 Å². The maximum Gasteiger partial charge on any atom is 0.0427 e. The molecule has 102 valence electrons. The van der Waals surface area contributed by atoms with Gasteiger partial charge in [-0.2, -0.15) is 0 Å². The second-order valence-corrected chi connectivity index (χ2v) is 5.82. The van der Waals surface area contributed by atoms with E-state index in [1.807, 2.05) is 0 Å². The first-order valence-electron chi connectivity index (χ1n) is 7.36. The average Bonchev–Trinajstić information content (AvgIpc) is 2.36. The molecule has 0 unspecified atom stereocenters. The molecule has 2 heterocycles. The van der Waals surface area contributed by atoms with Crippen LogP contribution < -0.4 is 0 Å². The van der Waals surface area contributed by atoms with E-state index in [-0.39, 0.29) is 0 Å². The smallest absolute Gasteiger partial charge is 0.0427 e. The molecule has 0 amide bonds. The summed E-state index contributed by atoms with van der Waals surface area (Å²) in [4.78, 5) is 2.54. The minimum Gasteiger partial charge on any atom is -0.371 e. The van der Waals surface area contributed by atoms with E-state index in [1.54, 1.807) is 0 Å². The molecule has 2 rings (SSSR count). The van der Waals surface area contributed by atoms with Crippen molar-refractivity contribution in [3.63, 3.8) is 0 Å². The number of rotatable bonds is 1. The standard InChI is InChI=1S/C13H19N.C4H10/c1-3-11-7-5-9-14-10-6-8-12(4-2)13(11)14;1-4(2)3/h3-4H,1,5-10H2,2H3;4H,1-3H3/b12-4-;. The fourth-order valence-electron chi connectivity index (χ4n) is 2.59. The monoisotopic (exact) mass is 247 g/mol. The van der Waals surface area contributed by atoms with E-state index < -0.39 is 0 Å². The van der Waals surface area contributed by atoms with Crippen LogP contribution in [0.25, 0.3) is 0 Å². The van der Waals surface area contributed by atoms with Gasteiger partial charge in [0.1, 0.15) is 0 Å². The maximum absolute atomic E-state index is 3.93. The largest absolute Gasteiger partial charge is 0.371 e. The van der Waals surface area contributed by atoms with Crippen molar-refractivity contribution in [2.45, 2.75) is 53.4 Å². The fraction of sp³-hybridized carbons (Fsp3) is 0.647. The highest BCUT2D eigenvalue weighted by molar-refractivity contribution is 5.41. The molecule has 1 saturated heterocycles. The quantitative estimate of drug-likeness (QED) is 0.635. The van der Waals surface area contributed by atoms with Crippen molar-refractivity contribution in [1.82, 2.24) is 4.90 Å². The highest BCUT2D eigenvalue weighted by atomic mass is 15.1. The maximum atomic E-state index is 3.93. The molecule has 0 aromatic carbocycles. The molecule has 0 spiro atoms. The summed E-state index contributed by atoms with van der Waals surface area (Å²) in [6.45, 7) is 15.1. The number of hydrogen-bond acceptors (Lipinski definition) is 1. The van der Waals surface area contributed by atoms with Crippen LogP contribution in [0.15, 0.2) is 35.6 Å². The van der Waals surface area contributed by atoms with Crippen molar-refractivity contribution < 1.29 is 0 Å². The van der Waals surface area contributed by atoms with Crippen molar-refractivity contribution in [1.29, 1.82) is 0 Å². The van der Waals surface area contributed by atoms with Gasteiger partial charge in [-0.15, -0.1) is 0 Å². The minimum absolute atomic E-state index is 0.833.